The van der Waals surface area contributed by atoms with Crippen LogP contribution in [0.5, 0.6) is 0 Å². The Balaban J connectivity index is 1.77. The second-order valence-electron chi connectivity index (χ2n) is 9.22. The number of hydrogen-bond acceptors (Lipinski definition) is 3. The van der Waals surface area contributed by atoms with Crippen molar-refractivity contribution in [1.82, 2.24) is 9.80 Å². The van der Waals surface area contributed by atoms with Gasteiger partial charge in [-0.25, -0.2) is 4.79 Å². The van der Waals surface area contributed by atoms with Gasteiger partial charge in [0.2, 0.25) is 5.91 Å². The van der Waals surface area contributed by atoms with Gasteiger partial charge >= 0.3 is 6.09 Å². The summed E-state index contributed by atoms with van der Waals surface area (Å²) in [4.78, 5) is 29.6. The molecule has 0 saturated carbocycles. The van der Waals surface area contributed by atoms with E-state index in [1.807, 2.05) is 38.7 Å². The van der Waals surface area contributed by atoms with Crippen LogP contribution in [0.2, 0.25) is 10.0 Å². The Bertz CT molecular complexity index is 806. The van der Waals surface area contributed by atoms with Crippen LogP contribution in [0.1, 0.15) is 58.2 Å². The molecule has 3 atom stereocenters. The van der Waals surface area contributed by atoms with Gasteiger partial charge in [-0.2, -0.15) is 0 Å². The molecule has 0 bridgehead atoms. The summed E-state index contributed by atoms with van der Waals surface area (Å²) in [5, 5.41) is 1.22. The largest absolute Gasteiger partial charge is 0.444 e. The molecule has 0 spiro atoms. The van der Waals surface area contributed by atoms with E-state index < -0.39 is 5.60 Å². The van der Waals surface area contributed by atoms with E-state index in [0.717, 1.165) is 24.0 Å². The van der Waals surface area contributed by atoms with Gasteiger partial charge in [-0.05, 0) is 69.7 Å². The van der Waals surface area contributed by atoms with Crippen LogP contribution in [0.25, 0.3) is 0 Å². The first-order valence-electron chi connectivity index (χ1n) is 10.2. The van der Waals surface area contributed by atoms with Crippen molar-refractivity contribution in [3.63, 3.8) is 0 Å². The highest BCUT2D eigenvalue weighted by molar-refractivity contribution is 6.35. The molecule has 2 aliphatic rings. The number of ether oxygens (including phenoxy) is 1. The second-order valence-corrected chi connectivity index (χ2v) is 10.1. The molecule has 2 amide bonds. The number of likely N-dealkylation sites (tertiary alicyclic amines) is 1. The zero-order chi connectivity index (χ0) is 21.5. The van der Waals surface area contributed by atoms with Crippen molar-refractivity contribution in [3.05, 3.63) is 33.3 Å². The van der Waals surface area contributed by atoms with E-state index in [9.17, 15) is 9.59 Å². The molecule has 7 heteroatoms. The van der Waals surface area contributed by atoms with Gasteiger partial charge in [-0.1, -0.05) is 30.1 Å². The van der Waals surface area contributed by atoms with Crippen molar-refractivity contribution in [2.45, 2.75) is 59.1 Å². The Labute approximate surface area is 183 Å². The average Bonchev–Trinajstić information content (AvgIpc) is 2.59. The predicted molar refractivity (Wildman–Crippen MR) is 115 cm³/mol. The summed E-state index contributed by atoms with van der Waals surface area (Å²) in [6.45, 7) is 11.3. The van der Waals surface area contributed by atoms with Crippen molar-refractivity contribution in [1.29, 1.82) is 0 Å². The van der Waals surface area contributed by atoms with Gasteiger partial charge in [0.15, 0.2) is 0 Å². The third kappa shape index (κ3) is 4.83. The first-order chi connectivity index (χ1) is 13.5. The minimum absolute atomic E-state index is 0.0786. The van der Waals surface area contributed by atoms with Crippen LogP contribution in [-0.2, 0) is 16.0 Å². The zero-order valence-corrected chi connectivity index (χ0v) is 19.3. The van der Waals surface area contributed by atoms with Gasteiger partial charge < -0.3 is 14.5 Å². The fraction of sp³-hybridized carbons (Fsp3) is 0.636. The number of benzene rings is 1. The van der Waals surface area contributed by atoms with E-state index in [-0.39, 0.29) is 29.9 Å². The Morgan fingerprint density at radius 1 is 1.14 bits per heavy atom. The van der Waals surface area contributed by atoms with Gasteiger partial charge in [0.05, 0.1) is 12.0 Å². The molecule has 3 rings (SSSR count). The molecule has 2 heterocycles. The molecular weight excluding hydrogens is 411 g/mol. The summed E-state index contributed by atoms with van der Waals surface area (Å²) < 4.78 is 5.51. The molecular formula is C22H30Cl2N2O3. The summed E-state index contributed by atoms with van der Waals surface area (Å²) in [5.41, 5.74) is 1.53. The number of rotatable bonds is 1. The van der Waals surface area contributed by atoms with Crippen LogP contribution >= 0.6 is 23.2 Å². The van der Waals surface area contributed by atoms with Crippen LogP contribution in [-0.4, -0.2) is 47.0 Å². The van der Waals surface area contributed by atoms with E-state index >= 15 is 0 Å². The van der Waals surface area contributed by atoms with E-state index in [1.165, 1.54) is 0 Å². The number of halogens is 2. The molecule has 5 nitrogen and oxygen atoms in total. The van der Waals surface area contributed by atoms with Gasteiger partial charge in [0.25, 0.3) is 0 Å². The second kappa shape index (κ2) is 8.35. The maximum Gasteiger partial charge on any atom is 0.410 e. The third-order valence-electron chi connectivity index (χ3n) is 5.90. The monoisotopic (exact) mass is 440 g/mol. The molecule has 0 aliphatic carbocycles. The quantitative estimate of drug-likeness (QED) is 0.592. The highest BCUT2D eigenvalue weighted by Gasteiger charge is 2.40. The fourth-order valence-corrected chi connectivity index (χ4v) is 4.99. The number of hydrogen-bond donors (Lipinski definition) is 0. The molecule has 29 heavy (non-hydrogen) atoms. The molecule has 0 unspecified atom stereocenters. The lowest BCUT2D eigenvalue weighted by atomic mass is 9.84. The lowest BCUT2D eigenvalue weighted by molar-refractivity contribution is -0.141. The number of amides is 2. The van der Waals surface area contributed by atoms with Crippen LogP contribution in [0, 0.1) is 11.8 Å². The maximum absolute atomic E-state index is 13.5. The van der Waals surface area contributed by atoms with E-state index in [4.69, 9.17) is 27.9 Å². The minimum atomic E-state index is -0.553. The maximum atomic E-state index is 13.5. The molecule has 2 aliphatic heterocycles. The van der Waals surface area contributed by atoms with Crippen LogP contribution < -0.4 is 0 Å². The first-order valence-corrected chi connectivity index (χ1v) is 11.0. The smallest absolute Gasteiger partial charge is 0.410 e. The molecule has 0 radical (unpaired) electrons. The zero-order valence-electron chi connectivity index (χ0n) is 17.8. The molecule has 1 fully saturated rings. The van der Waals surface area contributed by atoms with Crippen LogP contribution in [0.15, 0.2) is 12.1 Å². The predicted octanol–water partition coefficient (Wildman–Crippen LogP) is 5.33. The number of carbonyl (C=O) groups excluding carboxylic acids is 2. The molecule has 1 aromatic rings. The van der Waals surface area contributed by atoms with Gasteiger partial charge in [-0.3, -0.25) is 4.79 Å². The number of nitrogens with zero attached hydrogens (tertiary/aromatic N) is 2. The molecule has 1 saturated heterocycles. The van der Waals surface area contributed by atoms with Crippen LogP contribution in [0.4, 0.5) is 4.79 Å². The molecule has 0 N–H and O–H groups in total. The van der Waals surface area contributed by atoms with Gasteiger partial charge in [-0.15, -0.1) is 0 Å². The Morgan fingerprint density at radius 2 is 1.83 bits per heavy atom. The van der Waals surface area contributed by atoms with Crippen molar-refractivity contribution in [2.75, 3.05) is 19.6 Å². The van der Waals surface area contributed by atoms with Crippen molar-refractivity contribution >= 4 is 35.2 Å². The standard InChI is InChI=1S/C22H30Cl2N2O3/c1-13-6-8-25(21(28)29-22(3,4)5)12-17(13)20(27)26-9-7-15-10-16(23)11-18(24)19(15)14(26)2/h10-11,13-14,17H,6-9,12H2,1-5H3/t13-,14-,17-/m0/s1. The topological polar surface area (TPSA) is 49.9 Å². The minimum Gasteiger partial charge on any atom is -0.444 e. The number of piperidine rings is 1. The Morgan fingerprint density at radius 3 is 2.48 bits per heavy atom. The summed E-state index contributed by atoms with van der Waals surface area (Å²) in [6.07, 6.45) is 1.16. The molecule has 0 aromatic heterocycles. The summed E-state index contributed by atoms with van der Waals surface area (Å²) >= 11 is 12.6. The van der Waals surface area contributed by atoms with E-state index in [1.54, 1.807) is 11.0 Å². The molecule has 1 aromatic carbocycles. The van der Waals surface area contributed by atoms with E-state index in [2.05, 4.69) is 6.92 Å². The van der Waals surface area contributed by atoms with Crippen molar-refractivity contribution in [3.8, 4) is 0 Å². The lowest BCUT2D eigenvalue weighted by Crippen LogP contribution is -2.52. The Hall–Kier alpha value is -1.46. The first kappa shape index (κ1) is 22.2. The summed E-state index contributed by atoms with van der Waals surface area (Å²) in [6, 6.07) is 3.55. The SMILES string of the molecule is C[C@H]1CCN(C(=O)OC(C)(C)C)C[C@@H]1C(=O)N1CCc2cc(Cl)cc(Cl)c2[C@@H]1C. The third-order valence-corrected chi connectivity index (χ3v) is 6.43. The fourth-order valence-electron chi connectivity index (χ4n) is 4.30. The van der Waals surface area contributed by atoms with E-state index in [0.29, 0.717) is 29.7 Å². The van der Waals surface area contributed by atoms with Crippen LogP contribution in [0.3, 0.4) is 0 Å². The Kier molecular flexibility index (Phi) is 6.40. The van der Waals surface area contributed by atoms with Crippen molar-refractivity contribution < 1.29 is 14.3 Å². The average molecular weight is 441 g/mol. The number of fused-ring (bicyclic) bond motifs is 1. The highest BCUT2D eigenvalue weighted by atomic mass is 35.5. The highest BCUT2D eigenvalue weighted by Crippen LogP contribution is 2.38. The summed E-state index contributed by atoms with van der Waals surface area (Å²) in [5.74, 6) is 0.0387. The van der Waals surface area contributed by atoms with Crippen molar-refractivity contribution in [2.24, 2.45) is 11.8 Å². The van der Waals surface area contributed by atoms with Gasteiger partial charge in [0, 0.05) is 29.7 Å². The normalized spacial score (nSPS) is 24.9. The van der Waals surface area contributed by atoms with Gasteiger partial charge in [0.1, 0.15) is 5.60 Å². The summed E-state index contributed by atoms with van der Waals surface area (Å²) in [7, 11) is 0. The lowest BCUT2D eigenvalue weighted by Gasteiger charge is -2.42. The molecule has 160 valence electrons. The number of carbonyl (C=O) groups is 2.